The summed E-state index contributed by atoms with van der Waals surface area (Å²) in [6.45, 7) is 2.04. The van der Waals surface area contributed by atoms with E-state index in [0.717, 1.165) is 32.1 Å². The van der Waals surface area contributed by atoms with Crippen molar-refractivity contribution in [2.45, 2.75) is 12.8 Å². The third kappa shape index (κ3) is 2.83. The number of methoxy groups -OCH3 is 2. The highest BCUT2D eigenvalue weighted by Gasteiger charge is 2.33. The van der Waals surface area contributed by atoms with Crippen molar-refractivity contribution >= 4 is 26.8 Å². The van der Waals surface area contributed by atoms with Gasteiger partial charge in [-0.3, -0.25) is 0 Å². The summed E-state index contributed by atoms with van der Waals surface area (Å²) in [5.74, 6) is 1.58. The molecule has 2 heterocycles. The highest BCUT2D eigenvalue weighted by atomic mass is 79.9. The van der Waals surface area contributed by atoms with Crippen molar-refractivity contribution < 1.29 is 14.2 Å². The third-order valence-corrected chi connectivity index (χ3v) is 5.90. The fraction of sp³-hybridized carbons (Fsp3) is 0.227. The molecule has 3 aromatic rings. The lowest BCUT2D eigenvalue weighted by molar-refractivity contribution is 0.352. The lowest BCUT2D eigenvalue weighted by Gasteiger charge is -2.28. The molecule has 1 unspecified atom stereocenters. The number of nitrogens with zero attached hydrogens (tertiary/aromatic N) is 2. The zero-order chi connectivity index (χ0) is 20.9. The van der Waals surface area contributed by atoms with Gasteiger partial charge in [0.1, 0.15) is 17.4 Å². The molecule has 1 atom stereocenters. The number of rotatable bonds is 3. The fourth-order valence-corrected chi connectivity index (χ4v) is 4.68. The van der Waals surface area contributed by atoms with Crippen LogP contribution in [-0.2, 0) is 7.05 Å². The van der Waals surface area contributed by atoms with Gasteiger partial charge in [0, 0.05) is 24.2 Å². The van der Waals surface area contributed by atoms with Gasteiger partial charge in [0.05, 0.1) is 30.1 Å². The predicted octanol–water partition coefficient (Wildman–Crippen LogP) is 4.48. The highest BCUT2D eigenvalue weighted by molar-refractivity contribution is 9.10. The minimum Gasteiger partial charge on any atom is -0.493 e. The van der Waals surface area contributed by atoms with Gasteiger partial charge in [0.2, 0.25) is 5.88 Å². The first-order valence-electron chi connectivity index (χ1n) is 8.98. The van der Waals surface area contributed by atoms with Crippen molar-refractivity contribution in [3.8, 4) is 23.3 Å². The van der Waals surface area contributed by atoms with E-state index in [1.54, 1.807) is 14.2 Å². The molecule has 148 valence electrons. The number of benzene rings is 2. The van der Waals surface area contributed by atoms with Crippen LogP contribution in [0.25, 0.3) is 10.9 Å². The van der Waals surface area contributed by atoms with E-state index < -0.39 is 0 Å². The summed E-state index contributed by atoms with van der Waals surface area (Å²) in [6.07, 6.45) is 2.05. The van der Waals surface area contributed by atoms with Gasteiger partial charge in [0.15, 0.2) is 11.5 Å². The van der Waals surface area contributed by atoms with Crippen LogP contribution in [-0.4, -0.2) is 18.8 Å². The average Bonchev–Trinajstić information content (AvgIpc) is 3.00. The van der Waals surface area contributed by atoms with Crippen LogP contribution in [0.2, 0.25) is 0 Å². The first-order valence-corrected chi connectivity index (χ1v) is 9.78. The summed E-state index contributed by atoms with van der Waals surface area (Å²) < 4.78 is 19.7. The van der Waals surface area contributed by atoms with Crippen LogP contribution in [0.4, 0.5) is 0 Å². The maximum absolute atomic E-state index is 9.85. The third-order valence-electron chi connectivity index (χ3n) is 5.31. The molecule has 1 aromatic heterocycles. The van der Waals surface area contributed by atoms with Crippen LogP contribution in [0.3, 0.4) is 0 Å². The lowest BCUT2D eigenvalue weighted by Crippen LogP contribution is -2.21. The maximum atomic E-state index is 9.85. The lowest BCUT2D eigenvalue weighted by atomic mass is 9.82. The maximum Gasteiger partial charge on any atom is 0.205 e. The van der Waals surface area contributed by atoms with Crippen LogP contribution in [0, 0.1) is 18.3 Å². The zero-order valence-corrected chi connectivity index (χ0v) is 18.1. The average molecular weight is 454 g/mol. The van der Waals surface area contributed by atoms with E-state index in [2.05, 4.69) is 32.8 Å². The first kappa shape index (κ1) is 19.2. The van der Waals surface area contributed by atoms with E-state index in [-0.39, 0.29) is 11.8 Å². The molecule has 0 saturated carbocycles. The molecule has 2 aromatic carbocycles. The molecule has 7 heteroatoms. The summed E-state index contributed by atoms with van der Waals surface area (Å²) in [4.78, 5) is 0. The number of nitriles is 1. The summed E-state index contributed by atoms with van der Waals surface area (Å²) in [6, 6.07) is 10.1. The van der Waals surface area contributed by atoms with E-state index in [1.165, 1.54) is 0 Å². The number of nitrogens with two attached hydrogens (primary N) is 1. The Balaban J connectivity index is 2.03. The molecule has 0 amide bonds. The molecule has 0 spiro atoms. The number of ether oxygens (including phenoxy) is 3. The van der Waals surface area contributed by atoms with E-state index in [1.807, 2.05) is 38.2 Å². The number of aromatic nitrogens is 1. The second-order valence-corrected chi connectivity index (χ2v) is 7.82. The smallest absolute Gasteiger partial charge is 0.205 e. The van der Waals surface area contributed by atoms with Crippen molar-refractivity contribution in [2.75, 3.05) is 14.2 Å². The van der Waals surface area contributed by atoms with Crippen molar-refractivity contribution in [2.24, 2.45) is 12.8 Å². The normalized spacial score (nSPS) is 15.7. The van der Waals surface area contributed by atoms with Crippen molar-refractivity contribution in [3.05, 3.63) is 63.1 Å². The second kappa shape index (κ2) is 7.05. The van der Waals surface area contributed by atoms with Gasteiger partial charge in [-0.25, -0.2) is 0 Å². The van der Waals surface area contributed by atoms with E-state index in [9.17, 15) is 5.26 Å². The Hall–Kier alpha value is -3.11. The molecule has 6 nitrogen and oxygen atoms in total. The summed E-state index contributed by atoms with van der Waals surface area (Å²) >= 11 is 3.55. The van der Waals surface area contributed by atoms with Crippen molar-refractivity contribution in [1.82, 2.24) is 4.57 Å². The Bertz CT molecular complexity index is 1220. The monoisotopic (exact) mass is 453 g/mol. The quantitative estimate of drug-likeness (QED) is 0.631. The molecule has 2 N–H and O–H groups in total. The van der Waals surface area contributed by atoms with Gasteiger partial charge in [-0.1, -0.05) is 6.07 Å². The Kier molecular flexibility index (Phi) is 4.67. The number of fused-ring (bicyclic) bond motifs is 3. The van der Waals surface area contributed by atoms with E-state index in [0.29, 0.717) is 22.8 Å². The SMILES string of the molecule is COc1cc(C2C(C#N)=C(N)Oc3c2ccc2c3c(C)cn2C)cc(Br)c1OC. The van der Waals surface area contributed by atoms with Crippen LogP contribution in [0.5, 0.6) is 17.2 Å². The molecule has 29 heavy (non-hydrogen) atoms. The molecular formula is C22H20BrN3O3. The Labute approximate surface area is 177 Å². The molecular weight excluding hydrogens is 434 g/mol. The molecule has 0 saturated heterocycles. The number of allylic oxidation sites excluding steroid dienone is 1. The molecule has 1 aliphatic heterocycles. The molecule has 1 aliphatic rings. The van der Waals surface area contributed by atoms with Gasteiger partial charge in [-0.05, 0) is 52.2 Å². The minimum absolute atomic E-state index is 0.117. The first-order chi connectivity index (χ1) is 13.9. The van der Waals surface area contributed by atoms with Crippen LogP contribution in [0.15, 0.2) is 46.4 Å². The van der Waals surface area contributed by atoms with Crippen molar-refractivity contribution in [3.63, 3.8) is 0 Å². The fourth-order valence-electron chi connectivity index (χ4n) is 4.06. The number of hydrogen-bond donors (Lipinski definition) is 1. The van der Waals surface area contributed by atoms with Gasteiger partial charge in [-0.2, -0.15) is 5.26 Å². The van der Waals surface area contributed by atoms with Crippen molar-refractivity contribution in [1.29, 1.82) is 5.26 Å². The number of halogens is 1. The Morgan fingerprint density at radius 2 is 2.00 bits per heavy atom. The van der Waals surface area contributed by atoms with Gasteiger partial charge < -0.3 is 24.5 Å². The Morgan fingerprint density at radius 1 is 1.24 bits per heavy atom. The summed E-state index contributed by atoms with van der Waals surface area (Å²) in [5.41, 5.74) is 10.4. The molecule has 0 fully saturated rings. The number of hydrogen-bond acceptors (Lipinski definition) is 5. The topological polar surface area (TPSA) is 82.4 Å². The van der Waals surface area contributed by atoms with Crippen LogP contribution in [0.1, 0.15) is 22.6 Å². The molecule has 0 radical (unpaired) electrons. The van der Waals surface area contributed by atoms with Gasteiger partial charge in [0.25, 0.3) is 0 Å². The largest absolute Gasteiger partial charge is 0.493 e. The number of aryl methyl sites for hydroxylation is 2. The zero-order valence-electron chi connectivity index (χ0n) is 16.5. The molecule has 0 bridgehead atoms. The summed E-state index contributed by atoms with van der Waals surface area (Å²) in [7, 11) is 5.16. The van der Waals surface area contributed by atoms with Gasteiger partial charge >= 0.3 is 0 Å². The van der Waals surface area contributed by atoms with Crippen LogP contribution >= 0.6 is 15.9 Å². The standard InChI is InChI=1S/C22H20BrN3O3/c1-11-10-26(2)16-6-5-13-19(14(9-24)22(25)29-20(13)18(11)16)12-7-15(23)21(28-4)17(8-12)27-3/h5-8,10,19H,25H2,1-4H3. The van der Waals surface area contributed by atoms with E-state index >= 15 is 0 Å². The summed E-state index contributed by atoms with van der Waals surface area (Å²) in [5, 5.41) is 10.8. The van der Waals surface area contributed by atoms with Gasteiger partial charge in [-0.15, -0.1) is 0 Å². The molecule has 0 aliphatic carbocycles. The minimum atomic E-state index is -0.385. The van der Waals surface area contributed by atoms with Crippen LogP contribution < -0.4 is 19.9 Å². The highest BCUT2D eigenvalue weighted by Crippen LogP contribution is 2.48. The molecule has 4 rings (SSSR count). The predicted molar refractivity (Wildman–Crippen MR) is 114 cm³/mol. The van der Waals surface area contributed by atoms with E-state index in [4.69, 9.17) is 19.9 Å². The Morgan fingerprint density at radius 3 is 2.66 bits per heavy atom. The second-order valence-electron chi connectivity index (χ2n) is 6.96.